The second kappa shape index (κ2) is 3.96. The first-order valence-electron chi connectivity index (χ1n) is 4.64. The molecule has 0 aliphatic carbocycles. The Balaban J connectivity index is 2.38. The van der Waals surface area contributed by atoms with Crippen molar-refractivity contribution in [1.29, 1.82) is 0 Å². The van der Waals surface area contributed by atoms with Gasteiger partial charge in [-0.15, -0.1) is 0 Å². The van der Waals surface area contributed by atoms with Crippen molar-refractivity contribution in [3.05, 3.63) is 36.5 Å². The Morgan fingerprint density at radius 2 is 2.07 bits per heavy atom. The molecule has 4 heteroatoms. The van der Waals surface area contributed by atoms with E-state index in [1.165, 1.54) is 6.92 Å². The molecule has 1 aromatic carbocycles. The van der Waals surface area contributed by atoms with Crippen LogP contribution in [0.1, 0.15) is 6.92 Å². The van der Waals surface area contributed by atoms with Crippen molar-refractivity contribution in [2.45, 2.75) is 6.92 Å². The van der Waals surface area contributed by atoms with Crippen molar-refractivity contribution >= 4 is 22.5 Å². The van der Waals surface area contributed by atoms with Crippen LogP contribution in [0, 0.1) is 0 Å². The summed E-state index contributed by atoms with van der Waals surface area (Å²) in [6.45, 7) is 1.44. The molecule has 0 spiro atoms. The predicted molar refractivity (Wildman–Crippen MR) is 59.2 cm³/mol. The Morgan fingerprint density at radius 3 is 2.87 bits per heavy atom. The highest BCUT2D eigenvalue weighted by atomic mass is 16.2. The third-order valence-electron chi connectivity index (χ3n) is 2.03. The molecule has 2 rings (SSSR count). The number of nitrogens with one attached hydrogen (secondary N) is 2. The number of hydrogen-bond acceptors (Lipinski definition) is 3. The van der Waals surface area contributed by atoms with Gasteiger partial charge in [0, 0.05) is 18.5 Å². The Morgan fingerprint density at radius 1 is 1.27 bits per heavy atom. The molecule has 15 heavy (non-hydrogen) atoms. The lowest BCUT2D eigenvalue weighted by Crippen LogP contribution is -2.27. The normalized spacial score (nSPS) is 9.93. The van der Waals surface area contributed by atoms with Gasteiger partial charge in [0.25, 0.3) is 0 Å². The smallest absolute Gasteiger partial charge is 0.235 e. The lowest BCUT2D eigenvalue weighted by atomic mass is 10.2. The molecule has 2 N–H and O–H groups in total. The van der Waals surface area contributed by atoms with E-state index in [1.807, 2.05) is 30.3 Å². The second-order valence-corrected chi connectivity index (χ2v) is 3.19. The zero-order chi connectivity index (χ0) is 10.7. The molecule has 0 saturated carbocycles. The number of anilines is 1. The number of benzene rings is 1. The lowest BCUT2D eigenvalue weighted by molar-refractivity contribution is -0.118. The highest BCUT2D eigenvalue weighted by Crippen LogP contribution is 2.19. The molecule has 0 fully saturated rings. The highest BCUT2D eigenvalue weighted by Gasteiger charge is 2.00. The molecule has 1 heterocycles. The van der Waals surface area contributed by atoms with Gasteiger partial charge in [0.1, 0.15) is 0 Å². The van der Waals surface area contributed by atoms with Crippen LogP contribution in [-0.4, -0.2) is 10.9 Å². The summed E-state index contributed by atoms with van der Waals surface area (Å²) in [5, 5.41) is 2.06. The Kier molecular flexibility index (Phi) is 2.49. The van der Waals surface area contributed by atoms with E-state index in [0.717, 1.165) is 10.8 Å². The topological polar surface area (TPSA) is 54.0 Å². The summed E-state index contributed by atoms with van der Waals surface area (Å²) in [5.41, 5.74) is 5.28. The van der Waals surface area contributed by atoms with Crippen LogP contribution in [0.5, 0.6) is 0 Å². The third kappa shape index (κ3) is 2.04. The van der Waals surface area contributed by atoms with Crippen LogP contribution in [0.2, 0.25) is 0 Å². The van der Waals surface area contributed by atoms with E-state index in [-0.39, 0.29) is 5.91 Å². The van der Waals surface area contributed by atoms with Gasteiger partial charge < -0.3 is 0 Å². The minimum absolute atomic E-state index is 0.148. The summed E-state index contributed by atoms with van der Waals surface area (Å²) < 4.78 is 0. The zero-order valence-electron chi connectivity index (χ0n) is 8.32. The molecule has 1 aromatic heterocycles. The number of amides is 1. The molecule has 0 radical (unpaired) electrons. The first-order valence-corrected chi connectivity index (χ1v) is 4.64. The Hall–Kier alpha value is -2.10. The van der Waals surface area contributed by atoms with E-state index in [0.29, 0.717) is 5.82 Å². The number of carbonyl (C=O) groups is 1. The van der Waals surface area contributed by atoms with Crippen LogP contribution in [0.3, 0.4) is 0 Å². The fourth-order valence-corrected chi connectivity index (χ4v) is 1.37. The zero-order valence-corrected chi connectivity index (χ0v) is 8.32. The van der Waals surface area contributed by atoms with Crippen molar-refractivity contribution in [2.75, 3.05) is 5.43 Å². The van der Waals surface area contributed by atoms with Crippen molar-refractivity contribution in [1.82, 2.24) is 10.4 Å². The molecule has 0 saturated heterocycles. The van der Waals surface area contributed by atoms with Crippen molar-refractivity contribution in [2.24, 2.45) is 0 Å². The Bertz CT molecular complexity index is 491. The molecule has 0 bridgehead atoms. The molecule has 76 valence electrons. The second-order valence-electron chi connectivity index (χ2n) is 3.19. The molecule has 4 nitrogen and oxygen atoms in total. The van der Waals surface area contributed by atoms with Crippen LogP contribution in [0.4, 0.5) is 5.82 Å². The number of pyridine rings is 1. The van der Waals surface area contributed by atoms with E-state index in [2.05, 4.69) is 15.8 Å². The van der Waals surface area contributed by atoms with Gasteiger partial charge in [-0.1, -0.05) is 24.3 Å². The molecule has 0 aliphatic rings. The summed E-state index contributed by atoms with van der Waals surface area (Å²) >= 11 is 0. The van der Waals surface area contributed by atoms with Crippen molar-refractivity contribution < 1.29 is 4.79 Å². The van der Waals surface area contributed by atoms with Crippen LogP contribution in [0.15, 0.2) is 36.5 Å². The van der Waals surface area contributed by atoms with Gasteiger partial charge in [-0.2, -0.15) is 0 Å². The highest BCUT2D eigenvalue weighted by molar-refractivity contribution is 5.92. The van der Waals surface area contributed by atoms with Crippen molar-refractivity contribution in [3.8, 4) is 0 Å². The average Bonchev–Trinajstić information content (AvgIpc) is 2.26. The van der Waals surface area contributed by atoms with Gasteiger partial charge in [0.05, 0.1) is 0 Å². The van der Waals surface area contributed by atoms with Crippen molar-refractivity contribution in [3.63, 3.8) is 0 Å². The standard InChI is InChI=1S/C11H11N3O/c1-8(15)13-14-11-10-5-3-2-4-9(10)6-7-12-11/h2-7H,1H3,(H,12,14)(H,13,15). The largest absolute Gasteiger partial charge is 0.281 e. The Labute approximate surface area is 87.3 Å². The average molecular weight is 201 g/mol. The van der Waals surface area contributed by atoms with Crippen LogP contribution in [-0.2, 0) is 4.79 Å². The van der Waals surface area contributed by atoms with E-state index < -0.39 is 0 Å². The van der Waals surface area contributed by atoms with Crippen LogP contribution < -0.4 is 10.9 Å². The first-order chi connectivity index (χ1) is 7.27. The molecular weight excluding hydrogens is 190 g/mol. The van der Waals surface area contributed by atoms with E-state index >= 15 is 0 Å². The maximum Gasteiger partial charge on any atom is 0.235 e. The lowest BCUT2D eigenvalue weighted by Gasteiger charge is -2.07. The fourth-order valence-electron chi connectivity index (χ4n) is 1.37. The maximum absolute atomic E-state index is 10.8. The predicted octanol–water partition coefficient (Wildman–Crippen LogP) is 1.70. The number of hydrogen-bond donors (Lipinski definition) is 2. The molecule has 0 aliphatic heterocycles. The minimum Gasteiger partial charge on any atom is -0.281 e. The molecular formula is C11H11N3O. The fraction of sp³-hybridized carbons (Fsp3) is 0.0909. The van der Waals surface area contributed by atoms with Gasteiger partial charge in [-0.3, -0.25) is 15.6 Å². The van der Waals surface area contributed by atoms with E-state index in [4.69, 9.17) is 0 Å². The summed E-state index contributed by atoms with van der Waals surface area (Å²) in [7, 11) is 0. The van der Waals surface area contributed by atoms with E-state index in [1.54, 1.807) is 6.20 Å². The third-order valence-corrected chi connectivity index (χ3v) is 2.03. The summed E-state index contributed by atoms with van der Waals surface area (Å²) in [6, 6.07) is 9.77. The number of fused-ring (bicyclic) bond motifs is 1. The number of carbonyl (C=O) groups excluding carboxylic acids is 1. The first kappa shape index (κ1) is 9.45. The molecule has 0 unspecified atom stereocenters. The monoisotopic (exact) mass is 201 g/mol. The quantitative estimate of drug-likeness (QED) is 0.727. The van der Waals surface area contributed by atoms with Crippen LogP contribution in [0.25, 0.3) is 10.8 Å². The molecule has 0 atom stereocenters. The SMILES string of the molecule is CC(=O)NNc1nccc2ccccc12. The maximum atomic E-state index is 10.8. The number of hydrazine groups is 1. The number of aromatic nitrogens is 1. The minimum atomic E-state index is -0.148. The van der Waals surface area contributed by atoms with Gasteiger partial charge >= 0.3 is 0 Å². The number of nitrogens with zero attached hydrogens (tertiary/aromatic N) is 1. The number of rotatable bonds is 2. The molecule has 2 aromatic rings. The van der Waals surface area contributed by atoms with Gasteiger partial charge in [0.2, 0.25) is 5.91 Å². The summed E-state index contributed by atoms with van der Waals surface area (Å²) in [5.74, 6) is 0.507. The summed E-state index contributed by atoms with van der Waals surface area (Å²) in [6.07, 6.45) is 1.70. The molecule has 1 amide bonds. The van der Waals surface area contributed by atoms with E-state index in [9.17, 15) is 4.79 Å². The van der Waals surface area contributed by atoms with Gasteiger partial charge in [-0.25, -0.2) is 4.98 Å². The van der Waals surface area contributed by atoms with Gasteiger partial charge in [0.15, 0.2) is 5.82 Å². The van der Waals surface area contributed by atoms with Crippen LogP contribution >= 0.6 is 0 Å². The summed E-state index contributed by atoms with van der Waals surface area (Å²) in [4.78, 5) is 14.9. The van der Waals surface area contributed by atoms with Gasteiger partial charge in [-0.05, 0) is 11.5 Å².